The van der Waals surface area contributed by atoms with Crippen molar-refractivity contribution in [2.24, 2.45) is 0 Å². The number of rotatable bonds is 5. The van der Waals surface area contributed by atoms with Gasteiger partial charge in [0.1, 0.15) is 10.6 Å². The molecule has 6 nitrogen and oxygen atoms in total. The van der Waals surface area contributed by atoms with Crippen molar-refractivity contribution in [1.29, 1.82) is 0 Å². The van der Waals surface area contributed by atoms with E-state index in [1.54, 1.807) is 42.8 Å². The Hall–Kier alpha value is -3.10. The highest BCUT2D eigenvalue weighted by molar-refractivity contribution is 7.97. The molecule has 0 radical (unpaired) electrons. The Bertz CT molecular complexity index is 1210. The molecule has 3 aromatic rings. The molecule has 0 amide bonds. The Kier molecular flexibility index (Phi) is 5.36. The normalized spacial score (nSPS) is 16.4. The van der Waals surface area contributed by atoms with E-state index < -0.39 is 15.8 Å². The van der Waals surface area contributed by atoms with E-state index in [1.807, 2.05) is 31.2 Å². The van der Waals surface area contributed by atoms with Crippen molar-refractivity contribution in [2.75, 3.05) is 16.7 Å². The summed E-state index contributed by atoms with van der Waals surface area (Å²) in [6, 6.07) is 16.3. The number of ether oxygens (including phenoxy) is 1. The number of nitrogens with one attached hydrogen (secondary N) is 1. The number of carbonyl (C=O) groups excluding carboxylic acids is 1. The Balaban J connectivity index is 1.70. The zero-order valence-electron chi connectivity index (χ0n) is 16.5. The van der Waals surface area contributed by atoms with Crippen molar-refractivity contribution in [1.82, 2.24) is 0 Å². The Morgan fingerprint density at radius 2 is 1.77 bits per heavy atom. The number of carbonyl (C=O) groups is 1. The Morgan fingerprint density at radius 3 is 2.43 bits per heavy atom. The molecule has 2 aromatic carbocycles. The quantitative estimate of drug-likeness (QED) is 0.589. The molecule has 2 heterocycles. The van der Waals surface area contributed by atoms with Gasteiger partial charge >= 0.3 is 0 Å². The highest BCUT2D eigenvalue weighted by Crippen LogP contribution is 2.39. The van der Waals surface area contributed by atoms with Gasteiger partial charge in [-0.2, -0.15) is 0 Å². The van der Waals surface area contributed by atoms with E-state index in [9.17, 15) is 13.2 Å². The van der Waals surface area contributed by atoms with E-state index in [2.05, 4.69) is 5.32 Å². The summed E-state index contributed by atoms with van der Waals surface area (Å²) >= 11 is 1.24. The number of methoxy groups -OCH3 is 1. The molecular weight excluding hydrogens is 420 g/mol. The summed E-state index contributed by atoms with van der Waals surface area (Å²) in [5.41, 5.74) is 3.01. The van der Waals surface area contributed by atoms with Gasteiger partial charge in [0.25, 0.3) is 10.0 Å². The van der Waals surface area contributed by atoms with Crippen molar-refractivity contribution in [3.63, 3.8) is 0 Å². The fourth-order valence-electron chi connectivity index (χ4n) is 3.15. The fraction of sp³-hybridized carbons (Fsp3) is 0.136. The predicted molar refractivity (Wildman–Crippen MR) is 120 cm³/mol. The smallest absolute Gasteiger partial charge is 0.270 e. The van der Waals surface area contributed by atoms with Crippen LogP contribution in [-0.2, 0) is 16.6 Å². The number of hydrogen-bond acceptors (Lipinski definition) is 6. The van der Waals surface area contributed by atoms with Crippen LogP contribution in [0.15, 0.2) is 71.1 Å². The van der Waals surface area contributed by atoms with Crippen LogP contribution in [0.2, 0.25) is 0 Å². The molecule has 0 atom stereocenters. The minimum Gasteiger partial charge on any atom is -0.497 e. The van der Waals surface area contributed by atoms with Crippen LogP contribution >= 0.6 is 11.3 Å². The first kappa shape index (κ1) is 20.2. The number of hydrogen-bond donors (Lipinski definition) is 1. The average Bonchev–Trinajstić information content (AvgIpc) is 3.22. The number of nitrogens with zero attached hydrogens (tertiary/aromatic N) is 1. The van der Waals surface area contributed by atoms with Crippen molar-refractivity contribution >= 4 is 38.5 Å². The number of ketones is 1. The van der Waals surface area contributed by atoms with Crippen LogP contribution in [-0.4, -0.2) is 21.3 Å². The number of allylic oxidation sites excluding steroid dienone is 1. The van der Waals surface area contributed by atoms with E-state index in [4.69, 9.17) is 4.74 Å². The van der Waals surface area contributed by atoms with Gasteiger partial charge in [-0.25, -0.2) is 8.42 Å². The summed E-state index contributed by atoms with van der Waals surface area (Å²) in [7, 11) is -2.46. The predicted octanol–water partition coefficient (Wildman–Crippen LogP) is 4.55. The van der Waals surface area contributed by atoms with Crippen LogP contribution in [0.4, 0.5) is 11.4 Å². The van der Waals surface area contributed by atoms with Crippen molar-refractivity contribution < 1.29 is 17.9 Å². The first-order valence-electron chi connectivity index (χ1n) is 9.21. The van der Waals surface area contributed by atoms with Gasteiger partial charge in [-0.3, -0.25) is 9.10 Å². The minimum absolute atomic E-state index is 0.152. The van der Waals surface area contributed by atoms with Gasteiger partial charge in [-0.15, -0.1) is 11.3 Å². The summed E-state index contributed by atoms with van der Waals surface area (Å²) in [4.78, 5) is 13.1. The lowest BCUT2D eigenvalue weighted by molar-refractivity contribution is 0.104. The van der Waals surface area contributed by atoms with Gasteiger partial charge in [0.05, 0.1) is 19.3 Å². The molecule has 0 unspecified atom stereocenters. The molecule has 0 bridgehead atoms. The zero-order chi connectivity index (χ0) is 21.3. The third kappa shape index (κ3) is 3.71. The summed E-state index contributed by atoms with van der Waals surface area (Å²) in [5, 5.41) is 4.66. The number of sulfonamides is 1. The number of fused-ring (bicyclic) bond motifs is 1. The van der Waals surface area contributed by atoms with Gasteiger partial charge in [-0.1, -0.05) is 29.8 Å². The highest BCUT2D eigenvalue weighted by Gasteiger charge is 2.41. The monoisotopic (exact) mass is 440 g/mol. The molecule has 0 spiro atoms. The largest absolute Gasteiger partial charge is 0.497 e. The molecule has 30 heavy (non-hydrogen) atoms. The van der Waals surface area contributed by atoms with Gasteiger partial charge in [0.2, 0.25) is 5.78 Å². The fourth-order valence-corrected chi connectivity index (χ4v) is 5.63. The second-order valence-corrected chi connectivity index (χ2v) is 9.59. The molecular formula is C22H20N2O4S2. The van der Waals surface area contributed by atoms with E-state index >= 15 is 0 Å². The molecule has 1 N–H and O–H groups in total. The van der Waals surface area contributed by atoms with Gasteiger partial charge < -0.3 is 10.1 Å². The maximum Gasteiger partial charge on any atom is 0.270 e. The van der Waals surface area contributed by atoms with Crippen LogP contribution in [0.25, 0.3) is 0 Å². The molecule has 1 aliphatic rings. The number of thiophene rings is 1. The summed E-state index contributed by atoms with van der Waals surface area (Å²) in [6.07, 6.45) is 1.27. The molecule has 1 aliphatic heterocycles. The minimum atomic E-state index is -4.02. The second kappa shape index (κ2) is 7.97. The average molecular weight is 441 g/mol. The molecule has 0 fully saturated rings. The zero-order valence-corrected chi connectivity index (χ0v) is 18.1. The van der Waals surface area contributed by atoms with E-state index in [1.165, 1.54) is 21.8 Å². The van der Waals surface area contributed by atoms with Gasteiger partial charge in [-0.05, 0) is 48.2 Å². The van der Waals surface area contributed by atoms with Crippen molar-refractivity contribution in [3.05, 3.63) is 87.1 Å². The van der Waals surface area contributed by atoms with E-state index in [0.29, 0.717) is 22.0 Å². The molecule has 8 heteroatoms. The van der Waals surface area contributed by atoms with Crippen molar-refractivity contribution in [2.45, 2.75) is 13.5 Å². The first-order valence-corrected chi connectivity index (χ1v) is 11.5. The van der Waals surface area contributed by atoms with Crippen LogP contribution in [0.5, 0.6) is 5.75 Å². The first-order chi connectivity index (χ1) is 14.4. The number of benzene rings is 2. The maximum absolute atomic E-state index is 13.4. The SMILES string of the molecule is COc1ccc(NC=C2C(=O)c3sccc3N(Cc3ccc(C)cc3)S2(=O)=O)cc1. The van der Waals surface area contributed by atoms with Crippen LogP contribution in [0, 0.1) is 6.92 Å². The molecule has 0 saturated heterocycles. The van der Waals surface area contributed by atoms with Gasteiger partial charge in [0.15, 0.2) is 4.91 Å². The number of Topliss-reactive ketones (excluding diaryl/α,β-unsaturated/α-hetero) is 1. The Morgan fingerprint density at radius 1 is 1.07 bits per heavy atom. The maximum atomic E-state index is 13.4. The lowest BCUT2D eigenvalue weighted by Crippen LogP contribution is -2.38. The van der Waals surface area contributed by atoms with Gasteiger partial charge in [0, 0.05) is 11.9 Å². The summed E-state index contributed by atoms with van der Waals surface area (Å²) in [5.74, 6) is 0.184. The molecule has 154 valence electrons. The summed E-state index contributed by atoms with van der Waals surface area (Å²) < 4.78 is 33.1. The van der Waals surface area contributed by atoms with Crippen LogP contribution in [0.1, 0.15) is 20.8 Å². The third-order valence-electron chi connectivity index (χ3n) is 4.82. The number of aryl methyl sites for hydroxylation is 1. The topological polar surface area (TPSA) is 75.7 Å². The third-order valence-corrected chi connectivity index (χ3v) is 7.49. The summed E-state index contributed by atoms with van der Waals surface area (Å²) in [6.45, 7) is 2.13. The van der Waals surface area contributed by atoms with Crippen LogP contribution in [0.3, 0.4) is 0 Å². The lowest BCUT2D eigenvalue weighted by Gasteiger charge is -2.29. The molecule has 0 saturated carbocycles. The molecule has 0 aliphatic carbocycles. The van der Waals surface area contributed by atoms with E-state index in [0.717, 1.165) is 11.1 Å². The molecule has 1 aromatic heterocycles. The number of anilines is 2. The lowest BCUT2D eigenvalue weighted by atomic mass is 10.1. The van der Waals surface area contributed by atoms with Crippen molar-refractivity contribution in [3.8, 4) is 5.75 Å². The van der Waals surface area contributed by atoms with E-state index in [-0.39, 0.29) is 11.4 Å². The van der Waals surface area contributed by atoms with Crippen LogP contribution < -0.4 is 14.4 Å². The second-order valence-electron chi connectivity index (χ2n) is 6.84. The Labute approximate surface area is 179 Å². The standard InChI is InChI=1S/C22H20N2O4S2/c1-15-3-5-16(6-4-15)14-24-19-11-12-29-22(19)21(25)20(30(24,26)27)13-23-17-7-9-18(28-2)10-8-17/h3-13,23H,14H2,1-2H3. The molecule has 4 rings (SSSR count). The highest BCUT2D eigenvalue weighted by atomic mass is 32.2.